The molecule has 2 aromatic rings. The molecular formula is C32H47N3O4. The van der Waals surface area contributed by atoms with Crippen molar-refractivity contribution in [2.45, 2.75) is 116 Å². The third kappa shape index (κ3) is 9.48. The number of nitrogens with zero attached hydrogens (tertiary/aromatic N) is 3. The van der Waals surface area contributed by atoms with Crippen molar-refractivity contribution in [2.75, 3.05) is 19.6 Å². The quantitative estimate of drug-likeness (QED) is 0.293. The molecule has 0 unspecified atom stereocenters. The van der Waals surface area contributed by atoms with Crippen molar-refractivity contribution >= 4 is 5.97 Å². The van der Waals surface area contributed by atoms with Gasteiger partial charge in [-0.05, 0) is 89.8 Å². The van der Waals surface area contributed by atoms with Crippen molar-refractivity contribution in [1.82, 2.24) is 15.1 Å². The summed E-state index contributed by atoms with van der Waals surface area (Å²) in [5, 5.41) is 9.05. The predicted molar refractivity (Wildman–Crippen MR) is 154 cm³/mol. The normalized spacial score (nSPS) is 17.6. The van der Waals surface area contributed by atoms with E-state index in [2.05, 4.69) is 52.4 Å². The van der Waals surface area contributed by atoms with Gasteiger partial charge < -0.3 is 19.1 Å². The summed E-state index contributed by atoms with van der Waals surface area (Å²) in [6.45, 7) is 10.4. The Labute approximate surface area is 234 Å². The van der Waals surface area contributed by atoms with Gasteiger partial charge in [-0.25, -0.2) is 0 Å². The highest BCUT2D eigenvalue weighted by atomic mass is 16.6. The number of benzene rings is 1. The highest BCUT2D eigenvalue weighted by Crippen LogP contribution is 2.30. The predicted octanol–water partition coefficient (Wildman–Crippen LogP) is 6.77. The summed E-state index contributed by atoms with van der Waals surface area (Å²) in [6, 6.07) is 10.5. The lowest BCUT2D eigenvalue weighted by Crippen LogP contribution is -2.39. The molecule has 2 fully saturated rings. The van der Waals surface area contributed by atoms with E-state index in [1.807, 2.05) is 20.8 Å². The number of ether oxygens (including phenoxy) is 3. The number of piperidine rings is 1. The van der Waals surface area contributed by atoms with Crippen molar-refractivity contribution in [1.29, 1.82) is 0 Å². The lowest BCUT2D eigenvalue weighted by atomic mass is 9.97. The molecule has 1 saturated heterocycles. The Kier molecular flexibility index (Phi) is 10.6. The summed E-state index contributed by atoms with van der Waals surface area (Å²) in [7, 11) is 0. The highest BCUT2D eigenvalue weighted by Gasteiger charge is 2.23. The molecule has 1 aliphatic heterocycles. The maximum absolute atomic E-state index is 12.1. The van der Waals surface area contributed by atoms with Crippen LogP contribution in [0.15, 0.2) is 30.3 Å². The third-order valence-corrected chi connectivity index (χ3v) is 7.51. The molecule has 1 aromatic carbocycles. The first-order chi connectivity index (χ1) is 18.8. The average molecular weight is 538 g/mol. The van der Waals surface area contributed by atoms with Gasteiger partial charge >= 0.3 is 5.97 Å². The first-order valence-corrected chi connectivity index (χ1v) is 15.0. The maximum Gasteiger partial charge on any atom is 0.307 e. The van der Waals surface area contributed by atoms with Gasteiger partial charge in [0.2, 0.25) is 5.88 Å². The largest absolute Gasteiger partial charge is 0.490 e. The summed E-state index contributed by atoms with van der Waals surface area (Å²) < 4.78 is 18.0. The second-order valence-corrected chi connectivity index (χ2v) is 12.0. The van der Waals surface area contributed by atoms with Crippen molar-refractivity contribution in [2.24, 2.45) is 0 Å². The van der Waals surface area contributed by atoms with Crippen LogP contribution in [-0.2, 0) is 16.0 Å². The summed E-state index contributed by atoms with van der Waals surface area (Å²) >= 11 is 0. The van der Waals surface area contributed by atoms with Crippen molar-refractivity contribution in [3.8, 4) is 22.8 Å². The molecule has 214 valence electrons. The Morgan fingerprint density at radius 3 is 2.31 bits per heavy atom. The van der Waals surface area contributed by atoms with Gasteiger partial charge in [-0.15, -0.1) is 5.10 Å². The molecule has 0 bridgehead atoms. The van der Waals surface area contributed by atoms with Crippen LogP contribution < -0.4 is 9.47 Å². The molecule has 0 N–H and O–H groups in total. The molecule has 1 aliphatic carbocycles. The third-order valence-electron chi connectivity index (χ3n) is 7.51. The van der Waals surface area contributed by atoms with Gasteiger partial charge in [0, 0.05) is 31.3 Å². The van der Waals surface area contributed by atoms with Crippen LogP contribution in [0.4, 0.5) is 0 Å². The van der Waals surface area contributed by atoms with Gasteiger partial charge in [0.05, 0.1) is 18.2 Å². The fraction of sp³-hybridized carbons (Fsp3) is 0.656. The van der Waals surface area contributed by atoms with Crippen LogP contribution in [0.1, 0.15) is 97.6 Å². The van der Waals surface area contributed by atoms with Gasteiger partial charge in [0.15, 0.2) is 0 Å². The number of aromatic nitrogens is 2. The number of esters is 1. The zero-order valence-corrected chi connectivity index (χ0v) is 24.4. The molecular weight excluding hydrogens is 490 g/mol. The zero-order chi connectivity index (χ0) is 27.7. The van der Waals surface area contributed by atoms with Gasteiger partial charge in [-0.3, -0.25) is 4.79 Å². The van der Waals surface area contributed by atoms with E-state index < -0.39 is 5.60 Å². The van der Waals surface area contributed by atoms with Crippen molar-refractivity contribution in [3.05, 3.63) is 36.0 Å². The van der Waals surface area contributed by atoms with E-state index in [-0.39, 0.29) is 12.1 Å². The lowest BCUT2D eigenvalue weighted by molar-refractivity contribution is -0.155. The van der Waals surface area contributed by atoms with Crippen LogP contribution >= 0.6 is 0 Å². The number of hydrogen-bond donors (Lipinski definition) is 0. The monoisotopic (exact) mass is 537 g/mol. The number of carbonyl (C=O) groups is 1. The summed E-state index contributed by atoms with van der Waals surface area (Å²) in [4.78, 5) is 14.4. The standard InChI is InChI=1S/C32H47N3O4/c1-5-6-12-29-28(24-13-15-26(16-14-24)37-25-10-8-7-9-11-25)23-30(34-33-29)38-27-17-20-35(21-18-27)22-19-31(36)39-32(2,3)4/h13-16,23,25,27H,5-12,17-22H2,1-4H3. The molecule has 39 heavy (non-hydrogen) atoms. The van der Waals surface area contributed by atoms with E-state index >= 15 is 0 Å². The Morgan fingerprint density at radius 2 is 1.64 bits per heavy atom. The Morgan fingerprint density at radius 1 is 0.949 bits per heavy atom. The fourth-order valence-corrected chi connectivity index (χ4v) is 5.39. The number of carbonyl (C=O) groups excluding carboxylic acids is 1. The van der Waals surface area contributed by atoms with E-state index in [9.17, 15) is 4.79 Å². The Balaban J connectivity index is 1.34. The highest BCUT2D eigenvalue weighted by molar-refractivity contribution is 5.70. The Bertz CT molecular complexity index is 1040. The molecule has 0 atom stereocenters. The van der Waals surface area contributed by atoms with Gasteiger partial charge in [0.25, 0.3) is 0 Å². The van der Waals surface area contributed by atoms with E-state index in [4.69, 9.17) is 14.2 Å². The summed E-state index contributed by atoms with van der Waals surface area (Å²) in [5.41, 5.74) is 2.79. The smallest absolute Gasteiger partial charge is 0.307 e. The summed E-state index contributed by atoms with van der Waals surface area (Å²) in [5.74, 6) is 1.39. The molecule has 0 radical (unpaired) electrons. The zero-order valence-electron chi connectivity index (χ0n) is 24.4. The molecule has 2 heterocycles. The molecule has 0 spiro atoms. The molecule has 0 amide bonds. The summed E-state index contributed by atoms with van der Waals surface area (Å²) in [6.07, 6.45) is 11.9. The SMILES string of the molecule is CCCCc1nnc(OC2CCN(CCC(=O)OC(C)(C)C)CC2)cc1-c1ccc(OC2CCCCC2)cc1. The molecule has 1 saturated carbocycles. The van der Waals surface area contributed by atoms with Crippen LogP contribution in [0.3, 0.4) is 0 Å². The average Bonchev–Trinajstić information content (AvgIpc) is 2.92. The van der Waals surface area contributed by atoms with Crippen LogP contribution in [0, 0.1) is 0 Å². The van der Waals surface area contributed by atoms with Crippen LogP contribution in [0.5, 0.6) is 11.6 Å². The number of aryl methyl sites for hydroxylation is 1. The first-order valence-electron chi connectivity index (χ1n) is 15.0. The molecule has 7 nitrogen and oxygen atoms in total. The minimum atomic E-state index is -0.436. The van der Waals surface area contributed by atoms with Crippen molar-refractivity contribution in [3.63, 3.8) is 0 Å². The molecule has 7 heteroatoms. The second kappa shape index (κ2) is 14.1. The van der Waals surface area contributed by atoms with Crippen LogP contribution in [0.2, 0.25) is 0 Å². The van der Waals surface area contributed by atoms with E-state index in [1.165, 1.54) is 19.3 Å². The van der Waals surface area contributed by atoms with E-state index in [0.29, 0.717) is 18.4 Å². The number of likely N-dealkylation sites (tertiary alicyclic amines) is 1. The first kappa shape index (κ1) is 29.3. The fourth-order valence-electron chi connectivity index (χ4n) is 5.39. The van der Waals surface area contributed by atoms with Crippen LogP contribution in [0.25, 0.3) is 11.1 Å². The van der Waals surface area contributed by atoms with Gasteiger partial charge in [-0.1, -0.05) is 31.9 Å². The van der Waals surface area contributed by atoms with E-state index in [0.717, 1.165) is 87.2 Å². The van der Waals surface area contributed by atoms with E-state index in [1.54, 1.807) is 0 Å². The van der Waals surface area contributed by atoms with Crippen molar-refractivity contribution < 1.29 is 19.0 Å². The number of unbranched alkanes of at least 4 members (excludes halogenated alkanes) is 1. The van der Waals surface area contributed by atoms with Gasteiger partial charge in [-0.2, -0.15) is 5.10 Å². The maximum atomic E-state index is 12.1. The second-order valence-electron chi connectivity index (χ2n) is 12.0. The Hall–Kier alpha value is -2.67. The molecule has 2 aliphatic rings. The molecule has 1 aromatic heterocycles. The minimum absolute atomic E-state index is 0.0951. The number of rotatable bonds is 11. The topological polar surface area (TPSA) is 73.8 Å². The molecule has 4 rings (SSSR count). The number of hydrogen-bond acceptors (Lipinski definition) is 7. The lowest BCUT2D eigenvalue weighted by Gasteiger charge is -2.31. The minimum Gasteiger partial charge on any atom is -0.490 e. The van der Waals surface area contributed by atoms with Crippen LogP contribution in [-0.4, -0.2) is 58.5 Å². The van der Waals surface area contributed by atoms with Gasteiger partial charge in [0.1, 0.15) is 17.5 Å².